The number of hydrogen-bond acceptors (Lipinski definition) is 9. The summed E-state index contributed by atoms with van der Waals surface area (Å²) < 4.78 is 29.9. The highest BCUT2D eigenvalue weighted by atomic mass is 16.7. The smallest absolute Gasteiger partial charge is 0.333 e. The van der Waals surface area contributed by atoms with Crippen LogP contribution in [0.4, 0.5) is 0 Å². The van der Waals surface area contributed by atoms with Crippen LogP contribution in [0.15, 0.2) is 11.1 Å². The number of fused-ring (bicyclic) bond motifs is 4. The van der Waals surface area contributed by atoms with E-state index in [2.05, 4.69) is 6.92 Å². The Kier molecular flexibility index (Phi) is 7.20. The van der Waals surface area contributed by atoms with E-state index in [0.29, 0.717) is 12.2 Å². The summed E-state index contributed by atoms with van der Waals surface area (Å²) in [5.41, 5.74) is -0.164. The van der Waals surface area contributed by atoms with Crippen molar-refractivity contribution in [2.45, 2.75) is 117 Å². The van der Waals surface area contributed by atoms with Crippen LogP contribution in [0.1, 0.15) is 86.5 Å². The van der Waals surface area contributed by atoms with E-state index in [-0.39, 0.29) is 71.4 Å². The number of Topliss-reactive ketones (excluding diaryl/α,β-unsaturated/α-hetero) is 1. The van der Waals surface area contributed by atoms with Gasteiger partial charge in [-0.1, -0.05) is 12.5 Å². The van der Waals surface area contributed by atoms with Crippen LogP contribution in [0.5, 0.6) is 0 Å². The van der Waals surface area contributed by atoms with Crippen LogP contribution in [0.25, 0.3) is 0 Å². The van der Waals surface area contributed by atoms with E-state index >= 15 is 0 Å². The summed E-state index contributed by atoms with van der Waals surface area (Å²) >= 11 is 0. The van der Waals surface area contributed by atoms with Crippen molar-refractivity contribution in [2.24, 2.45) is 40.4 Å². The lowest BCUT2D eigenvalue weighted by atomic mass is 9.43. The molecule has 9 heteroatoms. The zero-order valence-corrected chi connectivity index (χ0v) is 26.0. The van der Waals surface area contributed by atoms with Crippen molar-refractivity contribution in [1.29, 1.82) is 0 Å². The van der Waals surface area contributed by atoms with Crippen LogP contribution < -0.4 is 0 Å². The molecule has 9 nitrogen and oxygen atoms in total. The molecule has 4 aliphatic carbocycles. The highest BCUT2D eigenvalue weighted by Gasteiger charge is 2.83. The van der Waals surface area contributed by atoms with Crippen LogP contribution in [-0.4, -0.2) is 67.4 Å². The second-order valence-corrected chi connectivity index (χ2v) is 14.3. The predicted octanol–water partition coefficient (Wildman–Crippen LogP) is 4.34. The molecule has 42 heavy (non-hydrogen) atoms. The predicted molar refractivity (Wildman–Crippen MR) is 150 cm³/mol. The number of ketones is 1. The Balaban J connectivity index is 1.34. The summed E-state index contributed by atoms with van der Waals surface area (Å²) in [5.74, 6) is -0.00338. The van der Waals surface area contributed by atoms with Gasteiger partial charge in [-0.2, -0.15) is 0 Å². The van der Waals surface area contributed by atoms with Crippen LogP contribution >= 0.6 is 0 Å². The van der Waals surface area contributed by atoms with Gasteiger partial charge in [-0.05, 0) is 82.5 Å². The van der Waals surface area contributed by atoms with Gasteiger partial charge in [0.25, 0.3) is 0 Å². The Morgan fingerprint density at radius 3 is 2.43 bits per heavy atom. The topological polar surface area (TPSA) is 118 Å². The number of methoxy groups -OCH3 is 1. The number of carbonyl (C=O) groups is 4. The maximum absolute atomic E-state index is 14.1. The number of epoxide rings is 1. The summed E-state index contributed by atoms with van der Waals surface area (Å²) in [7, 11) is 1.56. The molecular weight excluding hydrogens is 540 g/mol. The molecule has 6 rings (SSSR count). The zero-order valence-electron chi connectivity index (χ0n) is 26.0. The summed E-state index contributed by atoms with van der Waals surface area (Å²) in [5, 5.41) is 0. The fourth-order valence-corrected chi connectivity index (χ4v) is 10.7. The fraction of sp³-hybridized carbons (Fsp3) is 0.818. The third-order valence-electron chi connectivity index (χ3n) is 12.8. The van der Waals surface area contributed by atoms with Crippen molar-refractivity contribution >= 4 is 23.7 Å². The Bertz CT molecular complexity index is 1220. The minimum absolute atomic E-state index is 0.0597. The Morgan fingerprint density at radius 1 is 1.05 bits per heavy atom. The average Bonchev–Trinajstić information content (AvgIpc) is 3.55. The zero-order chi connectivity index (χ0) is 30.4. The van der Waals surface area contributed by atoms with Crippen LogP contribution in [0, 0.1) is 40.4 Å². The minimum atomic E-state index is -0.866. The lowest BCUT2D eigenvalue weighted by Crippen LogP contribution is -2.69. The van der Waals surface area contributed by atoms with Gasteiger partial charge >= 0.3 is 17.9 Å². The van der Waals surface area contributed by atoms with Crippen molar-refractivity contribution in [1.82, 2.24) is 0 Å². The monoisotopic (exact) mass is 586 g/mol. The largest absolute Gasteiger partial charge is 0.465 e. The molecule has 0 bridgehead atoms. The summed E-state index contributed by atoms with van der Waals surface area (Å²) in [6, 6.07) is 0. The number of ether oxygens (including phenoxy) is 5. The lowest BCUT2D eigenvalue weighted by Gasteiger charge is -2.60. The van der Waals surface area contributed by atoms with Gasteiger partial charge in [-0.15, -0.1) is 0 Å². The van der Waals surface area contributed by atoms with E-state index in [4.69, 9.17) is 23.7 Å². The first-order chi connectivity index (χ1) is 19.8. The highest BCUT2D eigenvalue weighted by molar-refractivity contribution is 5.90. The van der Waals surface area contributed by atoms with E-state index in [0.717, 1.165) is 44.1 Å². The molecule has 0 aromatic rings. The molecule has 6 aliphatic rings. The van der Waals surface area contributed by atoms with Crippen molar-refractivity contribution < 1.29 is 42.9 Å². The number of hydrogen-bond donors (Lipinski definition) is 0. The normalized spacial score (nSPS) is 46.5. The molecule has 0 amide bonds. The third-order valence-corrected chi connectivity index (χ3v) is 12.8. The molecular formula is C33H46O9. The van der Waals surface area contributed by atoms with Gasteiger partial charge in [0.2, 0.25) is 0 Å². The maximum Gasteiger partial charge on any atom is 0.333 e. The van der Waals surface area contributed by atoms with Gasteiger partial charge in [-0.3, -0.25) is 14.4 Å². The maximum atomic E-state index is 14.1. The van der Waals surface area contributed by atoms with Gasteiger partial charge in [0.1, 0.15) is 23.6 Å². The van der Waals surface area contributed by atoms with Gasteiger partial charge in [0.05, 0.1) is 18.1 Å². The van der Waals surface area contributed by atoms with Gasteiger partial charge in [0, 0.05) is 44.8 Å². The molecule has 2 heterocycles. The summed E-state index contributed by atoms with van der Waals surface area (Å²) in [4.78, 5) is 51.1. The molecule has 232 valence electrons. The standard InChI is InChI=1S/C33H46O9/c1-16-12-25(41-30(37)17(16)2)18(3)22-8-9-24-21-13-28-33(42-28)29(40-20(5)35)26(38-7)14-27(36)31(33,6)23(21)10-11-32(22,24)15-39-19(4)34/h18,21-26,28-29H,8-15H2,1-7H3. The first-order valence-electron chi connectivity index (χ1n) is 15.7. The quantitative estimate of drug-likeness (QED) is 0.254. The molecule has 0 aromatic heterocycles. The Labute approximate surface area is 248 Å². The molecule has 0 radical (unpaired) electrons. The van der Waals surface area contributed by atoms with E-state index in [1.807, 2.05) is 20.8 Å². The van der Waals surface area contributed by atoms with Gasteiger partial charge in [0.15, 0.2) is 6.10 Å². The molecule has 0 N–H and O–H groups in total. The van der Waals surface area contributed by atoms with Crippen molar-refractivity contribution in [3.63, 3.8) is 0 Å². The van der Waals surface area contributed by atoms with Crippen molar-refractivity contribution in [3.05, 3.63) is 11.1 Å². The molecule has 12 atom stereocenters. The fourth-order valence-electron chi connectivity index (χ4n) is 10.7. The number of cyclic esters (lactones) is 1. The lowest BCUT2D eigenvalue weighted by molar-refractivity contribution is -0.200. The summed E-state index contributed by atoms with van der Waals surface area (Å²) in [6.07, 6.45) is 3.63. The van der Waals surface area contributed by atoms with E-state index in [9.17, 15) is 19.2 Å². The average molecular weight is 587 g/mol. The number of rotatable bonds is 6. The second kappa shape index (κ2) is 10.1. The van der Waals surface area contributed by atoms with Crippen molar-refractivity contribution in [2.75, 3.05) is 13.7 Å². The first kappa shape index (κ1) is 29.8. The molecule has 2 aliphatic heterocycles. The SMILES string of the molecule is COC1CC(=O)C2(C)C3CCC4(COC(C)=O)C(C(C)C5CC(C)=C(C)C(=O)O5)CCC4C3CC3OC32C1OC(C)=O. The van der Waals surface area contributed by atoms with Crippen LogP contribution in [-0.2, 0) is 42.9 Å². The van der Waals surface area contributed by atoms with E-state index in [1.54, 1.807) is 7.11 Å². The summed E-state index contributed by atoms with van der Waals surface area (Å²) in [6.45, 7) is 11.3. The molecule has 4 saturated carbocycles. The molecule has 0 aromatic carbocycles. The van der Waals surface area contributed by atoms with E-state index in [1.165, 1.54) is 13.8 Å². The highest BCUT2D eigenvalue weighted by Crippen LogP contribution is 2.74. The number of esters is 3. The van der Waals surface area contributed by atoms with Gasteiger partial charge < -0.3 is 23.7 Å². The molecule has 5 fully saturated rings. The minimum Gasteiger partial charge on any atom is -0.465 e. The molecule has 1 spiro atoms. The Hall–Kier alpha value is -2.26. The molecule has 1 saturated heterocycles. The van der Waals surface area contributed by atoms with Gasteiger partial charge in [-0.25, -0.2) is 4.79 Å². The second-order valence-electron chi connectivity index (χ2n) is 14.3. The third kappa shape index (κ3) is 4.01. The number of carbonyl (C=O) groups excluding carboxylic acids is 4. The van der Waals surface area contributed by atoms with E-state index < -0.39 is 29.2 Å². The Morgan fingerprint density at radius 2 is 1.79 bits per heavy atom. The molecule has 12 unspecified atom stereocenters. The van der Waals surface area contributed by atoms with Crippen LogP contribution in [0.3, 0.4) is 0 Å². The van der Waals surface area contributed by atoms with Crippen LogP contribution in [0.2, 0.25) is 0 Å². The first-order valence-corrected chi connectivity index (χ1v) is 15.7. The van der Waals surface area contributed by atoms with Crippen molar-refractivity contribution in [3.8, 4) is 0 Å².